The van der Waals surface area contributed by atoms with Crippen molar-refractivity contribution in [3.05, 3.63) is 0 Å². The summed E-state index contributed by atoms with van der Waals surface area (Å²) in [5, 5.41) is 3.24. The zero-order valence-electron chi connectivity index (χ0n) is 11.3. The molecule has 0 spiro atoms. The highest BCUT2D eigenvalue weighted by molar-refractivity contribution is 7.91. The molecule has 2 heterocycles. The molecular weight excluding hydrogens is 252 g/mol. The molecule has 0 amide bonds. The molecule has 0 saturated carbocycles. The van der Waals surface area contributed by atoms with Gasteiger partial charge in [0.05, 0.1) is 18.1 Å². The van der Waals surface area contributed by atoms with Gasteiger partial charge in [-0.05, 0) is 26.9 Å². The van der Waals surface area contributed by atoms with Crippen molar-refractivity contribution in [3.63, 3.8) is 0 Å². The van der Waals surface area contributed by atoms with Gasteiger partial charge in [0.25, 0.3) is 0 Å². The number of hydrogen-bond acceptors (Lipinski definition) is 5. The second-order valence-corrected chi connectivity index (χ2v) is 8.03. The van der Waals surface area contributed by atoms with Crippen molar-refractivity contribution in [1.29, 1.82) is 0 Å². The topological polar surface area (TPSA) is 58.6 Å². The summed E-state index contributed by atoms with van der Waals surface area (Å²) in [4.78, 5) is 2.22. The predicted octanol–water partition coefficient (Wildman–Crippen LogP) is -0.269. The Labute approximate surface area is 110 Å². The first-order chi connectivity index (χ1) is 8.46. The molecule has 18 heavy (non-hydrogen) atoms. The van der Waals surface area contributed by atoms with E-state index in [1.165, 1.54) is 0 Å². The molecule has 2 aliphatic rings. The lowest BCUT2D eigenvalue weighted by molar-refractivity contribution is 0.107. The Balaban J connectivity index is 1.95. The van der Waals surface area contributed by atoms with Gasteiger partial charge in [-0.1, -0.05) is 0 Å². The molecule has 0 aromatic rings. The largest absolute Gasteiger partial charge is 0.381 e. The van der Waals surface area contributed by atoms with Gasteiger partial charge in [0.2, 0.25) is 0 Å². The molecule has 0 aliphatic carbocycles. The fraction of sp³-hybridized carbons (Fsp3) is 1.00. The standard InChI is InChI=1S/C12H24N2O3S/c1-13-8-12(4-5-17-10-12)9-14(2)11-3-6-18(15,16)7-11/h11,13H,3-10H2,1-2H3. The molecule has 2 atom stereocenters. The zero-order chi connectivity index (χ0) is 13.2. The molecule has 0 aromatic carbocycles. The minimum absolute atomic E-state index is 0.149. The van der Waals surface area contributed by atoms with E-state index in [4.69, 9.17) is 4.74 Å². The lowest BCUT2D eigenvalue weighted by Gasteiger charge is -2.34. The Hall–Kier alpha value is -0.170. The molecule has 0 bridgehead atoms. The van der Waals surface area contributed by atoms with Crippen molar-refractivity contribution in [2.45, 2.75) is 18.9 Å². The van der Waals surface area contributed by atoms with Gasteiger partial charge in [0.1, 0.15) is 0 Å². The summed E-state index contributed by atoms with van der Waals surface area (Å²) in [6.07, 6.45) is 1.83. The Morgan fingerprint density at radius 2 is 2.28 bits per heavy atom. The molecule has 106 valence electrons. The molecular formula is C12H24N2O3S. The zero-order valence-corrected chi connectivity index (χ0v) is 12.1. The van der Waals surface area contributed by atoms with E-state index in [1.807, 2.05) is 14.1 Å². The molecule has 2 rings (SSSR count). The molecule has 2 saturated heterocycles. The van der Waals surface area contributed by atoms with E-state index in [1.54, 1.807) is 0 Å². The van der Waals surface area contributed by atoms with Crippen LogP contribution >= 0.6 is 0 Å². The maximum absolute atomic E-state index is 11.5. The molecule has 1 N–H and O–H groups in total. The average molecular weight is 276 g/mol. The van der Waals surface area contributed by atoms with Crippen LogP contribution in [-0.4, -0.2) is 71.3 Å². The van der Waals surface area contributed by atoms with Crippen LogP contribution in [0, 0.1) is 5.41 Å². The van der Waals surface area contributed by atoms with Crippen LogP contribution in [0.25, 0.3) is 0 Å². The number of nitrogens with one attached hydrogen (secondary N) is 1. The summed E-state index contributed by atoms with van der Waals surface area (Å²) < 4.78 is 28.6. The lowest BCUT2D eigenvalue weighted by atomic mass is 9.86. The van der Waals surface area contributed by atoms with Crippen LogP contribution in [0.15, 0.2) is 0 Å². The summed E-state index contributed by atoms with van der Waals surface area (Å²) in [6.45, 7) is 3.43. The Morgan fingerprint density at radius 3 is 2.78 bits per heavy atom. The Bertz CT molecular complexity index is 377. The molecule has 2 unspecified atom stereocenters. The van der Waals surface area contributed by atoms with Crippen molar-refractivity contribution in [1.82, 2.24) is 10.2 Å². The van der Waals surface area contributed by atoms with Crippen LogP contribution in [0.2, 0.25) is 0 Å². The summed E-state index contributed by atoms with van der Waals surface area (Å²) in [5.41, 5.74) is 0.149. The predicted molar refractivity (Wildman–Crippen MR) is 71.5 cm³/mol. The number of nitrogens with zero attached hydrogens (tertiary/aromatic N) is 1. The molecule has 2 aliphatic heterocycles. The van der Waals surface area contributed by atoms with E-state index >= 15 is 0 Å². The molecule has 5 nitrogen and oxygen atoms in total. The highest BCUT2D eigenvalue weighted by Crippen LogP contribution is 2.30. The summed E-state index contributed by atoms with van der Waals surface area (Å²) in [6, 6.07) is 0.185. The second-order valence-electron chi connectivity index (χ2n) is 5.80. The van der Waals surface area contributed by atoms with E-state index in [-0.39, 0.29) is 11.5 Å². The maximum Gasteiger partial charge on any atom is 0.151 e. The van der Waals surface area contributed by atoms with Crippen LogP contribution in [0.3, 0.4) is 0 Å². The van der Waals surface area contributed by atoms with Crippen molar-refractivity contribution < 1.29 is 13.2 Å². The van der Waals surface area contributed by atoms with Gasteiger partial charge in [-0.25, -0.2) is 8.42 Å². The summed E-state index contributed by atoms with van der Waals surface area (Å²) in [5.74, 6) is 0.664. The molecule has 6 heteroatoms. The SMILES string of the molecule is CNCC1(CN(C)C2CCS(=O)(=O)C2)CCOC1. The van der Waals surface area contributed by atoms with E-state index in [2.05, 4.69) is 10.2 Å². The first-order valence-corrected chi connectivity index (χ1v) is 8.42. The second kappa shape index (κ2) is 5.45. The normalized spacial score (nSPS) is 35.4. The van der Waals surface area contributed by atoms with Crippen molar-refractivity contribution in [2.75, 3.05) is 51.9 Å². The van der Waals surface area contributed by atoms with E-state index in [0.29, 0.717) is 11.5 Å². The number of sulfone groups is 1. The van der Waals surface area contributed by atoms with Crippen LogP contribution in [-0.2, 0) is 14.6 Å². The first kappa shape index (κ1) is 14.2. The van der Waals surface area contributed by atoms with Gasteiger partial charge in [-0.3, -0.25) is 0 Å². The average Bonchev–Trinajstić information content (AvgIpc) is 2.86. The summed E-state index contributed by atoms with van der Waals surface area (Å²) in [7, 11) is 1.21. The van der Waals surface area contributed by atoms with Gasteiger partial charge in [-0.15, -0.1) is 0 Å². The third-order valence-corrected chi connectivity index (χ3v) is 5.90. The van der Waals surface area contributed by atoms with Crippen LogP contribution in [0.5, 0.6) is 0 Å². The van der Waals surface area contributed by atoms with Crippen molar-refractivity contribution in [3.8, 4) is 0 Å². The van der Waals surface area contributed by atoms with E-state index in [9.17, 15) is 8.42 Å². The van der Waals surface area contributed by atoms with Gasteiger partial charge < -0.3 is 15.0 Å². The summed E-state index contributed by atoms with van der Waals surface area (Å²) >= 11 is 0. The number of rotatable bonds is 5. The van der Waals surface area contributed by atoms with Gasteiger partial charge in [0, 0.05) is 31.2 Å². The van der Waals surface area contributed by atoms with Crippen LogP contribution in [0.1, 0.15) is 12.8 Å². The van der Waals surface area contributed by atoms with Crippen molar-refractivity contribution in [2.24, 2.45) is 5.41 Å². The lowest BCUT2D eigenvalue weighted by Crippen LogP contribution is -2.46. The molecule has 2 fully saturated rings. The van der Waals surface area contributed by atoms with Crippen LogP contribution in [0.4, 0.5) is 0 Å². The van der Waals surface area contributed by atoms with E-state index in [0.717, 1.165) is 39.1 Å². The Kier molecular flexibility index (Phi) is 4.31. The molecule has 0 aromatic heterocycles. The minimum Gasteiger partial charge on any atom is -0.381 e. The van der Waals surface area contributed by atoms with Crippen LogP contribution < -0.4 is 5.32 Å². The van der Waals surface area contributed by atoms with Gasteiger partial charge in [0.15, 0.2) is 9.84 Å². The number of ether oxygens (including phenoxy) is 1. The third-order valence-electron chi connectivity index (χ3n) is 4.15. The highest BCUT2D eigenvalue weighted by atomic mass is 32.2. The molecule has 0 radical (unpaired) electrons. The first-order valence-electron chi connectivity index (χ1n) is 6.59. The number of hydrogen-bond donors (Lipinski definition) is 1. The third kappa shape index (κ3) is 3.23. The Morgan fingerprint density at radius 1 is 1.50 bits per heavy atom. The quantitative estimate of drug-likeness (QED) is 0.749. The van der Waals surface area contributed by atoms with Crippen molar-refractivity contribution >= 4 is 9.84 Å². The van der Waals surface area contributed by atoms with Gasteiger partial charge in [-0.2, -0.15) is 0 Å². The maximum atomic E-state index is 11.5. The van der Waals surface area contributed by atoms with E-state index < -0.39 is 9.84 Å². The van der Waals surface area contributed by atoms with Gasteiger partial charge >= 0.3 is 0 Å². The monoisotopic (exact) mass is 276 g/mol. The minimum atomic E-state index is -2.79. The smallest absolute Gasteiger partial charge is 0.151 e. The highest BCUT2D eigenvalue weighted by Gasteiger charge is 2.38. The fourth-order valence-electron chi connectivity index (χ4n) is 3.13. The fourth-order valence-corrected chi connectivity index (χ4v) is 4.93.